The Labute approximate surface area is 102 Å². The molecule has 0 aliphatic carbocycles. The summed E-state index contributed by atoms with van der Waals surface area (Å²) in [6.07, 6.45) is -2.66. The lowest BCUT2D eigenvalue weighted by Crippen LogP contribution is -2.36. The normalized spacial score (nSPS) is 11.3. The summed E-state index contributed by atoms with van der Waals surface area (Å²) in [7, 11) is 0. The summed E-state index contributed by atoms with van der Waals surface area (Å²) in [4.78, 5) is 15.6. The van der Waals surface area contributed by atoms with E-state index in [4.69, 9.17) is 5.11 Å². The predicted molar refractivity (Wildman–Crippen MR) is 59.8 cm³/mol. The second-order valence-corrected chi connectivity index (χ2v) is 3.72. The molecule has 1 N–H and O–H groups in total. The Morgan fingerprint density at radius 3 is 2.67 bits per heavy atom. The van der Waals surface area contributed by atoms with Crippen LogP contribution in [0, 0.1) is 0 Å². The molecule has 0 radical (unpaired) electrons. The molecule has 0 aliphatic heterocycles. The third-order valence-electron chi connectivity index (χ3n) is 2.18. The lowest BCUT2D eigenvalue weighted by molar-refractivity contribution is -0.119. The topological polar surface area (TPSA) is 53.4 Å². The molecule has 0 saturated carbocycles. The molecule has 18 heavy (non-hydrogen) atoms. The lowest BCUT2D eigenvalue weighted by atomic mass is 10.2. The number of hydrogen-bond acceptors (Lipinski definition) is 3. The summed E-state index contributed by atoms with van der Waals surface area (Å²) >= 11 is 0. The molecule has 0 saturated heterocycles. The van der Waals surface area contributed by atoms with Gasteiger partial charge in [-0.25, -0.2) is 9.78 Å². The van der Waals surface area contributed by atoms with Crippen LogP contribution in [0.3, 0.4) is 0 Å². The molecule has 0 aromatic carbocycles. The first-order chi connectivity index (χ1) is 8.35. The van der Waals surface area contributed by atoms with Crippen LogP contribution >= 0.6 is 0 Å². The Morgan fingerprint density at radius 1 is 1.50 bits per heavy atom. The molecule has 0 fully saturated rings. The molecule has 0 aliphatic rings. The molecule has 1 aromatic heterocycles. The van der Waals surface area contributed by atoms with Gasteiger partial charge in [0.1, 0.15) is 17.9 Å². The van der Waals surface area contributed by atoms with Crippen molar-refractivity contribution in [1.29, 1.82) is 0 Å². The minimum atomic E-state index is -4.40. The van der Waals surface area contributed by atoms with E-state index in [1.54, 1.807) is 6.92 Å². The maximum Gasteiger partial charge on any atom is 0.405 e. The van der Waals surface area contributed by atoms with Gasteiger partial charge in [-0.15, -0.1) is 0 Å². The van der Waals surface area contributed by atoms with E-state index in [-0.39, 0.29) is 17.9 Å². The maximum atomic E-state index is 12.4. The van der Waals surface area contributed by atoms with Crippen LogP contribution in [0.5, 0.6) is 0 Å². The fourth-order valence-corrected chi connectivity index (χ4v) is 1.56. The highest BCUT2D eigenvalue weighted by molar-refractivity contribution is 5.93. The van der Waals surface area contributed by atoms with Gasteiger partial charge in [-0.3, -0.25) is 0 Å². The number of halogens is 3. The van der Waals surface area contributed by atoms with Crippen LogP contribution in [0.4, 0.5) is 19.0 Å². The molecule has 0 bridgehead atoms. The first kappa shape index (κ1) is 14.3. The lowest BCUT2D eigenvalue weighted by Gasteiger charge is -2.25. The molecular formula is C11H13F3N2O2. The Balaban J connectivity index is 3.09. The molecule has 0 atom stereocenters. The second kappa shape index (κ2) is 5.70. The summed E-state index contributed by atoms with van der Waals surface area (Å²) < 4.78 is 37.3. The predicted octanol–water partition coefficient (Wildman–Crippen LogP) is 2.56. The quantitative estimate of drug-likeness (QED) is 0.886. The van der Waals surface area contributed by atoms with E-state index in [9.17, 15) is 18.0 Å². The summed E-state index contributed by atoms with van der Waals surface area (Å²) in [6, 6.07) is 2.62. The number of anilines is 1. The van der Waals surface area contributed by atoms with E-state index in [1.807, 2.05) is 0 Å². The average molecular weight is 262 g/mol. The van der Waals surface area contributed by atoms with Crippen LogP contribution in [0.25, 0.3) is 0 Å². The van der Waals surface area contributed by atoms with E-state index >= 15 is 0 Å². The van der Waals surface area contributed by atoms with Gasteiger partial charge in [0, 0.05) is 12.7 Å². The van der Waals surface area contributed by atoms with E-state index < -0.39 is 18.7 Å². The highest BCUT2D eigenvalue weighted by Gasteiger charge is 2.32. The molecule has 4 nitrogen and oxygen atoms in total. The van der Waals surface area contributed by atoms with Crippen molar-refractivity contribution >= 4 is 11.8 Å². The van der Waals surface area contributed by atoms with Crippen LogP contribution < -0.4 is 4.90 Å². The summed E-state index contributed by atoms with van der Waals surface area (Å²) in [6.45, 7) is 0.599. The van der Waals surface area contributed by atoms with Crippen molar-refractivity contribution in [3.8, 4) is 0 Å². The van der Waals surface area contributed by atoms with Gasteiger partial charge in [0.05, 0.1) is 0 Å². The standard InChI is InChI=1S/C11H13F3N2O2/c1-2-6-16(7-11(12,13)14)9-8(10(17)18)4-3-5-15-9/h3-5H,2,6-7H2,1H3,(H,17,18). The van der Waals surface area contributed by atoms with Gasteiger partial charge in [0.25, 0.3) is 0 Å². The minimum absolute atomic E-state index is 0.0941. The second-order valence-electron chi connectivity index (χ2n) is 3.72. The molecule has 0 unspecified atom stereocenters. The van der Waals surface area contributed by atoms with Crippen molar-refractivity contribution in [2.45, 2.75) is 19.5 Å². The fraction of sp³-hybridized carbons (Fsp3) is 0.455. The Kier molecular flexibility index (Phi) is 4.52. The van der Waals surface area contributed by atoms with Gasteiger partial charge in [-0.2, -0.15) is 13.2 Å². The number of pyridine rings is 1. The van der Waals surface area contributed by atoms with Crippen molar-refractivity contribution in [3.05, 3.63) is 23.9 Å². The number of carboxylic acids is 1. The van der Waals surface area contributed by atoms with Crippen molar-refractivity contribution < 1.29 is 23.1 Å². The average Bonchev–Trinajstić information content (AvgIpc) is 2.26. The molecule has 1 heterocycles. The summed E-state index contributed by atoms with van der Waals surface area (Å²) in [5.74, 6) is -1.44. The number of carbonyl (C=O) groups is 1. The third-order valence-corrected chi connectivity index (χ3v) is 2.18. The van der Waals surface area contributed by atoms with Gasteiger partial charge < -0.3 is 10.0 Å². The van der Waals surface area contributed by atoms with Gasteiger partial charge in [0.15, 0.2) is 0 Å². The highest BCUT2D eigenvalue weighted by atomic mass is 19.4. The SMILES string of the molecule is CCCN(CC(F)(F)F)c1ncccc1C(=O)O. The van der Waals surface area contributed by atoms with Crippen LogP contribution in [-0.2, 0) is 0 Å². The number of carboxylic acid groups (broad SMARTS) is 1. The minimum Gasteiger partial charge on any atom is -0.478 e. The summed E-state index contributed by atoms with van der Waals surface area (Å²) in [5, 5.41) is 8.93. The van der Waals surface area contributed by atoms with E-state index in [0.29, 0.717) is 6.42 Å². The van der Waals surface area contributed by atoms with Crippen molar-refractivity contribution in [2.24, 2.45) is 0 Å². The molecule has 1 aromatic rings. The zero-order chi connectivity index (χ0) is 13.8. The van der Waals surface area contributed by atoms with Crippen molar-refractivity contribution in [3.63, 3.8) is 0 Å². The number of nitrogens with zero attached hydrogens (tertiary/aromatic N) is 2. The van der Waals surface area contributed by atoms with Gasteiger partial charge in [-0.05, 0) is 18.6 Å². The Bertz CT molecular complexity index is 421. The van der Waals surface area contributed by atoms with Crippen molar-refractivity contribution in [1.82, 2.24) is 4.98 Å². The molecule has 7 heteroatoms. The third kappa shape index (κ3) is 3.90. The molecular weight excluding hydrogens is 249 g/mol. The number of hydrogen-bond donors (Lipinski definition) is 1. The molecule has 0 spiro atoms. The number of rotatable bonds is 5. The molecule has 100 valence electrons. The highest BCUT2D eigenvalue weighted by Crippen LogP contribution is 2.23. The van der Waals surface area contributed by atoms with Gasteiger partial charge in [-0.1, -0.05) is 6.92 Å². The van der Waals surface area contributed by atoms with Crippen LogP contribution in [0.1, 0.15) is 23.7 Å². The van der Waals surface area contributed by atoms with Crippen LogP contribution in [0.15, 0.2) is 18.3 Å². The van der Waals surface area contributed by atoms with E-state index in [1.165, 1.54) is 18.3 Å². The largest absolute Gasteiger partial charge is 0.478 e. The molecule has 1 rings (SSSR count). The zero-order valence-electron chi connectivity index (χ0n) is 9.74. The Morgan fingerprint density at radius 2 is 2.17 bits per heavy atom. The number of alkyl halides is 3. The molecule has 0 amide bonds. The zero-order valence-corrected chi connectivity index (χ0v) is 9.74. The van der Waals surface area contributed by atoms with Crippen molar-refractivity contribution in [2.75, 3.05) is 18.0 Å². The first-order valence-corrected chi connectivity index (χ1v) is 5.35. The van der Waals surface area contributed by atoms with E-state index in [0.717, 1.165) is 4.90 Å². The van der Waals surface area contributed by atoms with Gasteiger partial charge >= 0.3 is 12.1 Å². The smallest absolute Gasteiger partial charge is 0.405 e. The van der Waals surface area contributed by atoms with E-state index in [2.05, 4.69) is 4.98 Å². The number of aromatic nitrogens is 1. The van der Waals surface area contributed by atoms with Gasteiger partial charge in [0.2, 0.25) is 0 Å². The number of aromatic carboxylic acids is 1. The fourth-order valence-electron chi connectivity index (χ4n) is 1.56. The van der Waals surface area contributed by atoms with Crippen LogP contribution in [0.2, 0.25) is 0 Å². The monoisotopic (exact) mass is 262 g/mol. The Hall–Kier alpha value is -1.79. The first-order valence-electron chi connectivity index (χ1n) is 5.35. The van der Waals surface area contributed by atoms with Crippen LogP contribution in [-0.4, -0.2) is 35.3 Å². The summed E-state index contributed by atoms with van der Waals surface area (Å²) in [5.41, 5.74) is -0.227. The maximum absolute atomic E-state index is 12.4.